The standard InChI is InChI=1S/C19H15N2/c20-21-19(16-10-4-1-5-11-16,17-12-6-2-7-13-17)18-14-8-3-9-15-18/h1-15H/q-1. The first-order valence-electron chi connectivity index (χ1n) is 6.91. The fourth-order valence-corrected chi connectivity index (χ4v) is 2.71. The summed E-state index contributed by atoms with van der Waals surface area (Å²) >= 11 is 0. The van der Waals surface area contributed by atoms with Gasteiger partial charge in [-0.1, -0.05) is 91.0 Å². The number of benzene rings is 3. The summed E-state index contributed by atoms with van der Waals surface area (Å²) in [5.41, 5.74) is 11.9. The molecule has 0 amide bonds. The van der Waals surface area contributed by atoms with Gasteiger partial charge in [-0.25, -0.2) is 0 Å². The van der Waals surface area contributed by atoms with Crippen LogP contribution in [0.4, 0.5) is 0 Å². The van der Waals surface area contributed by atoms with Crippen LogP contribution in [0.25, 0.3) is 5.53 Å². The zero-order chi connectivity index (χ0) is 14.5. The van der Waals surface area contributed by atoms with Crippen LogP contribution in [0.1, 0.15) is 16.7 Å². The van der Waals surface area contributed by atoms with Crippen molar-refractivity contribution in [3.8, 4) is 0 Å². The Bertz CT molecular complexity index is 610. The third kappa shape index (κ3) is 2.25. The molecule has 0 atom stereocenters. The van der Waals surface area contributed by atoms with Crippen molar-refractivity contribution in [3.05, 3.63) is 113 Å². The lowest BCUT2D eigenvalue weighted by molar-refractivity contribution is 0.649. The van der Waals surface area contributed by atoms with Crippen molar-refractivity contribution in [1.82, 2.24) is 0 Å². The molecule has 0 radical (unpaired) electrons. The molecule has 2 nitrogen and oxygen atoms in total. The van der Waals surface area contributed by atoms with E-state index >= 15 is 0 Å². The Morgan fingerprint density at radius 2 is 0.810 bits per heavy atom. The second-order valence-corrected chi connectivity index (χ2v) is 4.91. The molecule has 0 saturated carbocycles. The number of hydrogen-bond acceptors (Lipinski definition) is 1. The fraction of sp³-hybridized carbons (Fsp3) is 0.0526. The van der Waals surface area contributed by atoms with Crippen LogP contribution in [-0.2, 0) is 5.54 Å². The van der Waals surface area contributed by atoms with Crippen LogP contribution in [0.5, 0.6) is 0 Å². The van der Waals surface area contributed by atoms with Crippen molar-refractivity contribution < 1.29 is 0 Å². The second kappa shape index (κ2) is 5.71. The molecule has 0 aliphatic heterocycles. The molecule has 102 valence electrons. The van der Waals surface area contributed by atoms with Crippen molar-refractivity contribution in [1.29, 1.82) is 0 Å². The second-order valence-electron chi connectivity index (χ2n) is 4.91. The molecule has 3 rings (SSSR count). The van der Waals surface area contributed by atoms with Crippen LogP contribution < -0.4 is 0 Å². The minimum atomic E-state index is -0.899. The average molecular weight is 271 g/mol. The van der Waals surface area contributed by atoms with E-state index in [1.54, 1.807) is 0 Å². The van der Waals surface area contributed by atoms with Gasteiger partial charge in [-0.2, -0.15) is 0 Å². The summed E-state index contributed by atoms with van der Waals surface area (Å²) in [6.07, 6.45) is 0. The molecule has 0 aromatic heterocycles. The highest BCUT2D eigenvalue weighted by atomic mass is 15.0. The van der Waals surface area contributed by atoms with Crippen molar-refractivity contribution >= 4 is 0 Å². The number of hydrogen-bond donors (Lipinski definition) is 0. The van der Waals surface area contributed by atoms with Gasteiger partial charge in [-0.3, -0.25) is 0 Å². The summed E-state index contributed by atoms with van der Waals surface area (Å²) in [4.78, 5) is 0. The lowest BCUT2D eigenvalue weighted by Crippen LogP contribution is -2.26. The quantitative estimate of drug-likeness (QED) is 0.473. The zero-order valence-electron chi connectivity index (χ0n) is 11.6. The van der Waals surface area contributed by atoms with Crippen molar-refractivity contribution in [2.45, 2.75) is 5.54 Å². The van der Waals surface area contributed by atoms with Crippen LogP contribution in [0.2, 0.25) is 0 Å². The van der Waals surface area contributed by atoms with Gasteiger partial charge in [0.05, 0.1) is 0 Å². The van der Waals surface area contributed by atoms with Gasteiger partial charge in [0.2, 0.25) is 0 Å². The lowest BCUT2D eigenvalue weighted by Gasteiger charge is -2.34. The van der Waals surface area contributed by atoms with Crippen LogP contribution in [0.15, 0.2) is 96.1 Å². The number of rotatable bonds is 4. The maximum absolute atomic E-state index is 9.96. The van der Waals surface area contributed by atoms with E-state index < -0.39 is 5.54 Å². The maximum Gasteiger partial charge on any atom is 0.114 e. The van der Waals surface area contributed by atoms with Crippen LogP contribution in [-0.4, -0.2) is 0 Å². The molecule has 3 aromatic rings. The summed E-state index contributed by atoms with van der Waals surface area (Å²) in [5.74, 6) is 0. The Kier molecular flexibility index (Phi) is 3.61. The van der Waals surface area contributed by atoms with Gasteiger partial charge in [0.25, 0.3) is 0 Å². The summed E-state index contributed by atoms with van der Waals surface area (Å²) in [6.45, 7) is 0. The summed E-state index contributed by atoms with van der Waals surface area (Å²) in [7, 11) is 0. The Balaban J connectivity index is 2.31. The molecule has 0 aliphatic carbocycles. The van der Waals surface area contributed by atoms with E-state index in [1.165, 1.54) is 0 Å². The number of nitrogens with zero attached hydrogens (tertiary/aromatic N) is 2. The molecule has 0 spiro atoms. The lowest BCUT2D eigenvalue weighted by atomic mass is 9.78. The van der Waals surface area contributed by atoms with E-state index in [-0.39, 0.29) is 0 Å². The third-order valence-electron chi connectivity index (χ3n) is 3.72. The van der Waals surface area contributed by atoms with Crippen molar-refractivity contribution in [2.24, 2.45) is 5.11 Å². The van der Waals surface area contributed by atoms with E-state index in [9.17, 15) is 5.53 Å². The first-order chi connectivity index (χ1) is 10.4. The van der Waals surface area contributed by atoms with Gasteiger partial charge < -0.3 is 10.6 Å². The maximum atomic E-state index is 9.96. The molecular weight excluding hydrogens is 256 g/mol. The topological polar surface area (TPSA) is 34.7 Å². The Morgan fingerprint density at radius 3 is 1.05 bits per heavy atom. The smallest absolute Gasteiger partial charge is 0.114 e. The Hall–Kier alpha value is -2.74. The first-order valence-corrected chi connectivity index (χ1v) is 6.91. The molecule has 0 bridgehead atoms. The molecule has 2 heteroatoms. The zero-order valence-corrected chi connectivity index (χ0v) is 11.6. The highest BCUT2D eigenvalue weighted by Gasteiger charge is 2.32. The average Bonchev–Trinajstić information content (AvgIpc) is 2.59. The van der Waals surface area contributed by atoms with Crippen LogP contribution in [0.3, 0.4) is 0 Å². The van der Waals surface area contributed by atoms with E-state index in [2.05, 4.69) is 5.11 Å². The van der Waals surface area contributed by atoms with Gasteiger partial charge >= 0.3 is 0 Å². The molecule has 0 aliphatic rings. The Morgan fingerprint density at radius 1 is 0.524 bits per heavy atom. The van der Waals surface area contributed by atoms with Gasteiger partial charge in [-0.05, 0) is 16.7 Å². The predicted molar refractivity (Wildman–Crippen MR) is 85.0 cm³/mol. The minimum absolute atomic E-state index is 0.899. The summed E-state index contributed by atoms with van der Waals surface area (Å²) in [5, 5.41) is 3.83. The van der Waals surface area contributed by atoms with E-state index in [4.69, 9.17) is 0 Å². The molecule has 0 N–H and O–H groups in total. The fourth-order valence-electron chi connectivity index (χ4n) is 2.71. The van der Waals surface area contributed by atoms with Crippen LogP contribution >= 0.6 is 0 Å². The van der Waals surface area contributed by atoms with Crippen molar-refractivity contribution in [3.63, 3.8) is 0 Å². The predicted octanol–water partition coefficient (Wildman–Crippen LogP) is 5.00. The van der Waals surface area contributed by atoms with E-state index in [0.717, 1.165) is 16.7 Å². The molecule has 3 aromatic carbocycles. The normalized spacial score (nSPS) is 11.0. The summed E-state index contributed by atoms with van der Waals surface area (Å²) in [6, 6.07) is 29.6. The minimum Gasteiger partial charge on any atom is -0.711 e. The van der Waals surface area contributed by atoms with Gasteiger partial charge in [0.15, 0.2) is 0 Å². The third-order valence-corrected chi connectivity index (χ3v) is 3.72. The van der Waals surface area contributed by atoms with Crippen molar-refractivity contribution in [2.75, 3.05) is 0 Å². The van der Waals surface area contributed by atoms with Crippen LogP contribution in [0, 0.1) is 0 Å². The molecule has 21 heavy (non-hydrogen) atoms. The molecular formula is C19H15N2-. The SMILES string of the molecule is [N-]=NC(c1ccccc1)(c1ccccc1)c1ccccc1. The highest BCUT2D eigenvalue weighted by Crippen LogP contribution is 2.40. The van der Waals surface area contributed by atoms with Gasteiger partial charge in [0.1, 0.15) is 5.54 Å². The molecule has 0 fully saturated rings. The largest absolute Gasteiger partial charge is 0.711 e. The van der Waals surface area contributed by atoms with Gasteiger partial charge in [0, 0.05) is 0 Å². The van der Waals surface area contributed by atoms with Gasteiger partial charge in [-0.15, -0.1) is 0 Å². The monoisotopic (exact) mass is 271 g/mol. The van der Waals surface area contributed by atoms with E-state index in [0.29, 0.717) is 0 Å². The first kappa shape index (κ1) is 13.3. The molecule has 0 unspecified atom stereocenters. The highest BCUT2D eigenvalue weighted by molar-refractivity contribution is 5.49. The molecule has 0 saturated heterocycles. The van der Waals surface area contributed by atoms with E-state index in [1.807, 2.05) is 91.0 Å². The Labute approximate surface area is 124 Å². The summed E-state index contributed by atoms with van der Waals surface area (Å²) < 4.78 is 0. The molecule has 0 heterocycles.